The molecule has 0 aliphatic heterocycles. The van der Waals surface area contributed by atoms with E-state index in [1.54, 1.807) is 0 Å². The van der Waals surface area contributed by atoms with E-state index in [2.05, 4.69) is 31.9 Å². The minimum absolute atomic E-state index is 0.401. The third-order valence-corrected chi connectivity index (χ3v) is 4.42. The molecule has 1 aliphatic rings. The third-order valence-electron chi connectivity index (χ3n) is 4.42. The van der Waals surface area contributed by atoms with Crippen molar-refractivity contribution >= 4 is 0 Å². The van der Waals surface area contributed by atoms with Crippen molar-refractivity contribution < 1.29 is 5.11 Å². The van der Waals surface area contributed by atoms with Crippen molar-refractivity contribution in [2.24, 2.45) is 0 Å². The van der Waals surface area contributed by atoms with Gasteiger partial charge in [-0.15, -0.1) is 0 Å². The number of phenolic OH excluding ortho intramolecular Hbond substituents is 1. The van der Waals surface area contributed by atoms with Crippen molar-refractivity contribution in [3.05, 3.63) is 29.3 Å². The van der Waals surface area contributed by atoms with Crippen molar-refractivity contribution in [2.45, 2.75) is 58.0 Å². The topological polar surface area (TPSA) is 23.5 Å². The van der Waals surface area contributed by atoms with E-state index in [9.17, 15) is 5.11 Å². The number of aryl methyl sites for hydroxylation is 1. The van der Waals surface area contributed by atoms with Crippen LogP contribution in [0, 0.1) is 0 Å². The number of hydrogen-bond donors (Lipinski definition) is 1. The zero-order valence-corrected chi connectivity index (χ0v) is 11.8. The minimum atomic E-state index is 0.401. The number of rotatable bonds is 4. The average Bonchev–Trinajstić information content (AvgIpc) is 2.39. The Morgan fingerprint density at radius 2 is 2.06 bits per heavy atom. The fourth-order valence-electron chi connectivity index (χ4n) is 3.30. The first-order chi connectivity index (χ1) is 8.67. The summed E-state index contributed by atoms with van der Waals surface area (Å²) in [7, 11) is 2.24. The highest BCUT2D eigenvalue weighted by molar-refractivity contribution is 5.38. The summed E-state index contributed by atoms with van der Waals surface area (Å²) in [5.41, 5.74) is 2.76. The molecule has 1 atom stereocenters. The highest BCUT2D eigenvalue weighted by Crippen LogP contribution is 2.37. The molecular weight excluding hydrogens is 222 g/mol. The van der Waals surface area contributed by atoms with Crippen LogP contribution in [0.15, 0.2) is 18.2 Å². The number of hydrogen-bond acceptors (Lipinski definition) is 2. The van der Waals surface area contributed by atoms with Crippen LogP contribution in [0.4, 0.5) is 0 Å². The van der Waals surface area contributed by atoms with Crippen LogP contribution >= 0.6 is 0 Å². The lowest BCUT2D eigenvalue weighted by atomic mass is 9.86. The standard InChI is InChI=1S/C16H25NO/c1-4-13(5-2)17(3)16-8-6-7-12-9-10-14(18)11-15(12)16/h9-11,13,16,18H,4-8H2,1-3H3. The Morgan fingerprint density at radius 1 is 1.33 bits per heavy atom. The van der Waals surface area contributed by atoms with Crippen LogP contribution in [-0.4, -0.2) is 23.1 Å². The Balaban J connectivity index is 2.28. The van der Waals surface area contributed by atoms with E-state index in [4.69, 9.17) is 0 Å². The lowest BCUT2D eigenvalue weighted by molar-refractivity contribution is 0.148. The van der Waals surface area contributed by atoms with E-state index in [1.165, 1.54) is 36.8 Å². The average molecular weight is 247 g/mol. The van der Waals surface area contributed by atoms with E-state index < -0.39 is 0 Å². The lowest BCUT2D eigenvalue weighted by Crippen LogP contribution is -2.36. The van der Waals surface area contributed by atoms with Gasteiger partial charge in [0.2, 0.25) is 0 Å². The number of aromatic hydroxyl groups is 1. The molecule has 0 amide bonds. The van der Waals surface area contributed by atoms with Crippen molar-refractivity contribution in [1.82, 2.24) is 4.90 Å². The fourth-order valence-corrected chi connectivity index (χ4v) is 3.30. The molecule has 0 heterocycles. The van der Waals surface area contributed by atoms with Gasteiger partial charge in [-0.2, -0.15) is 0 Å². The van der Waals surface area contributed by atoms with E-state index in [-0.39, 0.29) is 0 Å². The van der Waals surface area contributed by atoms with Gasteiger partial charge in [0.05, 0.1) is 0 Å². The van der Waals surface area contributed by atoms with E-state index in [1.807, 2.05) is 12.1 Å². The van der Waals surface area contributed by atoms with Crippen molar-refractivity contribution in [1.29, 1.82) is 0 Å². The van der Waals surface area contributed by atoms with Gasteiger partial charge in [0.25, 0.3) is 0 Å². The zero-order valence-electron chi connectivity index (χ0n) is 11.8. The Hall–Kier alpha value is -1.02. The summed E-state index contributed by atoms with van der Waals surface area (Å²) >= 11 is 0. The summed E-state index contributed by atoms with van der Waals surface area (Å²) in [5, 5.41) is 9.72. The fraction of sp³-hybridized carbons (Fsp3) is 0.625. The summed E-state index contributed by atoms with van der Waals surface area (Å²) in [4.78, 5) is 2.51. The Bertz CT molecular complexity index is 398. The minimum Gasteiger partial charge on any atom is -0.508 e. The molecule has 0 aromatic heterocycles. The SMILES string of the molecule is CCC(CC)N(C)C1CCCc2ccc(O)cc21. The molecule has 2 rings (SSSR count). The molecule has 1 aliphatic carbocycles. The first kappa shape index (κ1) is 13.4. The van der Waals surface area contributed by atoms with Gasteiger partial charge in [-0.3, -0.25) is 4.90 Å². The second-order valence-electron chi connectivity index (χ2n) is 5.43. The normalized spacial score (nSPS) is 19.3. The molecule has 100 valence electrons. The van der Waals surface area contributed by atoms with Crippen molar-refractivity contribution in [3.63, 3.8) is 0 Å². The number of fused-ring (bicyclic) bond motifs is 1. The van der Waals surface area contributed by atoms with Gasteiger partial charge in [-0.05, 0) is 62.4 Å². The molecule has 1 aromatic rings. The third kappa shape index (κ3) is 2.54. The molecule has 0 radical (unpaired) electrons. The largest absolute Gasteiger partial charge is 0.508 e. The predicted octanol–water partition coefficient (Wildman–Crippen LogP) is 3.89. The van der Waals surface area contributed by atoms with Crippen LogP contribution in [0.25, 0.3) is 0 Å². The van der Waals surface area contributed by atoms with Crippen molar-refractivity contribution in [3.8, 4) is 5.75 Å². The molecule has 0 saturated carbocycles. The van der Waals surface area contributed by atoms with Crippen molar-refractivity contribution in [2.75, 3.05) is 7.05 Å². The smallest absolute Gasteiger partial charge is 0.115 e. The Labute approximate surface area is 111 Å². The molecule has 2 nitrogen and oxygen atoms in total. The van der Waals surface area contributed by atoms with Gasteiger partial charge in [-0.1, -0.05) is 19.9 Å². The van der Waals surface area contributed by atoms with Gasteiger partial charge in [0, 0.05) is 12.1 Å². The second-order valence-corrected chi connectivity index (χ2v) is 5.43. The number of phenols is 1. The van der Waals surface area contributed by atoms with Crippen LogP contribution in [0.3, 0.4) is 0 Å². The van der Waals surface area contributed by atoms with Gasteiger partial charge in [-0.25, -0.2) is 0 Å². The Kier molecular flexibility index (Phi) is 4.28. The molecule has 1 unspecified atom stereocenters. The quantitative estimate of drug-likeness (QED) is 0.872. The molecule has 0 bridgehead atoms. The van der Waals surface area contributed by atoms with Crippen LogP contribution in [0.2, 0.25) is 0 Å². The molecule has 0 saturated heterocycles. The molecule has 18 heavy (non-hydrogen) atoms. The van der Waals surface area contributed by atoms with E-state index in [0.29, 0.717) is 17.8 Å². The second kappa shape index (κ2) is 5.75. The molecule has 1 aromatic carbocycles. The summed E-state index contributed by atoms with van der Waals surface area (Å²) in [6.07, 6.45) is 6.01. The molecule has 0 fully saturated rings. The van der Waals surface area contributed by atoms with Gasteiger partial charge < -0.3 is 5.11 Å². The lowest BCUT2D eigenvalue weighted by Gasteiger charge is -2.38. The maximum atomic E-state index is 9.72. The molecule has 0 spiro atoms. The summed E-state index contributed by atoms with van der Waals surface area (Å²) in [6, 6.07) is 7.00. The number of nitrogens with zero attached hydrogens (tertiary/aromatic N) is 1. The van der Waals surface area contributed by atoms with Gasteiger partial charge in [0.15, 0.2) is 0 Å². The summed E-state index contributed by atoms with van der Waals surface area (Å²) in [6.45, 7) is 4.52. The van der Waals surface area contributed by atoms with E-state index in [0.717, 1.165) is 6.42 Å². The maximum absolute atomic E-state index is 9.72. The summed E-state index contributed by atoms with van der Waals surface area (Å²) in [5.74, 6) is 0.401. The van der Waals surface area contributed by atoms with Crippen LogP contribution in [0.5, 0.6) is 5.75 Å². The van der Waals surface area contributed by atoms with Crippen LogP contribution in [-0.2, 0) is 6.42 Å². The number of benzene rings is 1. The molecular formula is C16H25NO. The monoisotopic (exact) mass is 247 g/mol. The van der Waals surface area contributed by atoms with E-state index >= 15 is 0 Å². The van der Waals surface area contributed by atoms with Gasteiger partial charge >= 0.3 is 0 Å². The first-order valence-electron chi connectivity index (χ1n) is 7.21. The summed E-state index contributed by atoms with van der Waals surface area (Å²) < 4.78 is 0. The predicted molar refractivity (Wildman–Crippen MR) is 75.9 cm³/mol. The highest BCUT2D eigenvalue weighted by atomic mass is 16.3. The Morgan fingerprint density at radius 3 is 2.72 bits per heavy atom. The maximum Gasteiger partial charge on any atom is 0.115 e. The van der Waals surface area contributed by atoms with Gasteiger partial charge in [0.1, 0.15) is 5.75 Å². The zero-order chi connectivity index (χ0) is 13.1. The molecule has 2 heteroatoms. The van der Waals surface area contributed by atoms with Crippen LogP contribution in [0.1, 0.15) is 56.7 Å². The highest BCUT2D eigenvalue weighted by Gasteiger charge is 2.27. The van der Waals surface area contributed by atoms with Crippen LogP contribution < -0.4 is 0 Å². The molecule has 1 N–H and O–H groups in total. The first-order valence-corrected chi connectivity index (χ1v) is 7.21.